The Hall–Kier alpha value is -1.99. The number of halogens is 1. The average Bonchev–Trinajstić information content (AvgIpc) is 2.41. The molecule has 1 unspecified atom stereocenters. The van der Waals surface area contributed by atoms with E-state index in [1.807, 2.05) is 0 Å². The Balaban J connectivity index is 1.92. The normalized spacial score (nSPS) is 19.6. The number of carboxylic acids is 1. The number of nitrogens with one attached hydrogen (secondary N) is 2. The highest BCUT2D eigenvalue weighted by molar-refractivity contribution is 5.92. The van der Waals surface area contributed by atoms with Crippen LogP contribution in [-0.2, 0) is 9.59 Å². The van der Waals surface area contributed by atoms with Gasteiger partial charge in [0.2, 0.25) is 5.91 Å². The lowest BCUT2D eigenvalue weighted by Crippen LogP contribution is -2.56. The SMILES string of the molecule is O=C(CN1CCNCC1C(=O)O)Nc1ccc(F)cc1. The minimum absolute atomic E-state index is 0.00395. The highest BCUT2D eigenvalue weighted by Crippen LogP contribution is 2.09. The molecular weight excluding hydrogens is 265 g/mol. The first kappa shape index (κ1) is 14.4. The highest BCUT2D eigenvalue weighted by Gasteiger charge is 2.29. The Morgan fingerprint density at radius 3 is 2.75 bits per heavy atom. The van der Waals surface area contributed by atoms with E-state index in [9.17, 15) is 14.0 Å². The van der Waals surface area contributed by atoms with E-state index in [0.717, 1.165) is 0 Å². The zero-order valence-electron chi connectivity index (χ0n) is 10.8. The maximum Gasteiger partial charge on any atom is 0.322 e. The second-order valence-corrected chi connectivity index (χ2v) is 4.58. The number of benzene rings is 1. The van der Waals surface area contributed by atoms with Gasteiger partial charge in [-0.05, 0) is 24.3 Å². The molecule has 108 valence electrons. The third-order valence-electron chi connectivity index (χ3n) is 3.11. The predicted octanol–water partition coefficient (Wildman–Crippen LogP) is 0.123. The summed E-state index contributed by atoms with van der Waals surface area (Å²) in [6.45, 7) is 1.45. The van der Waals surface area contributed by atoms with Crippen LogP contribution in [0.4, 0.5) is 10.1 Å². The van der Waals surface area contributed by atoms with Crippen LogP contribution in [0.2, 0.25) is 0 Å². The number of hydrogen-bond donors (Lipinski definition) is 3. The molecule has 1 heterocycles. The quantitative estimate of drug-likeness (QED) is 0.730. The second kappa shape index (κ2) is 6.44. The topological polar surface area (TPSA) is 81.7 Å². The number of piperazine rings is 1. The van der Waals surface area contributed by atoms with Crippen LogP contribution in [0, 0.1) is 5.82 Å². The molecule has 1 fully saturated rings. The van der Waals surface area contributed by atoms with E-state index in [1.54, 1.807) is 4.90 Å². The monoisotopic (exact) mass is 281 g/mol. The summed E-state index contributed by atoms with van der Waals surface area (Å²) in [6.07, 6.45) is 0. The summed E-state index contributed by atoms with van der Waals surface area (Å²) in [7, 11) is 0. The molecule has 1 aromatic carbocycles. The number of aliphatic carboxylic acids is 1. The number of carboxylic acid groups (broad SMARTS) is 1. The van der Waals surface area contributed by atoms with Gasteiger partial charge in [-0.15, -0.1) is 0 Å². The van der Waals surface area contributed by atoms with Gasteiger partial charge >= 0.3 is 5.97 Å². The van der Waals surface area contributed by atoms with Crippen LogP contribution < -0.4 is 10.6 Å². The van der Waals surface area contributed by atoms with Gasteiger partial charge in [0, 0.05) is 25.3 Å². The number of rotatable bonds is 4. The van der Waals surface area contributed by atoms with Crippen LogP contribution in [0.5, 0.6) is 0 Å². The van der Waals surface area contributed by atoms with Crippen LogP contribution in [0.25, 0.3) is 0 Å². The molecule has 0 aliphatic carbocycles. The Morgan fingerprint density at radius 1 is 1.40 bits per heavy atom. The molecule has 7 heteroatoms. The number of hydrogen-bond acceptors (Lipinski definition) is 4. The van der Waals surface area contributed by atoms with Gasteiger partial charge in [-0.2, -0.15) is 0 Å². The second-order valence-electron chi connectivity index (χ2n) is 4.58. The van der Waals surface area contributed by atoms with Gasteiger partial charge in [0.15, 0.2) is 0 Å². The fourth-order valence-corrected chi connectivity index (χ4v) is 2.10. The van der Waals surface area contributed by atoms with Crippen molar-refractivity contribution in [3.05, 3.63) is 30.1 Å². The molecule has 2 rings (SSSR count). The number of anilines is 1. The van der Waals surface area contributed by atoms with Gasteiger partial charge in [0.1, 0.15) is 11.9 Å². The van der Waals surface area contributed by atoms with Gasteiger partial charge in [-0.3, -0.25) is 14.5 Å². The van der Waals surface area contributed by atoms with Crippen molar-refractivity contribution in [3.8, 4) is 0 Å². The minimum Gasteiger partial charge on any atom is -0.480 e. The van der Waals surface area contributed by atoms with E-state index in [4.69, 9.17) is 5.11 Å². The molecule has 0 saturated carbocycles. The number of carbonyl (C=O) groups excluding carboxylic acids is 1. The van der Waals surface area contributed by atoms with E-state index in [1.165, 1.54) is 24.3 Å². The van der Waals surface area contributed by atoms with Crippen molar-refractivity contribution in [2.75, 3.05) is 31.5 Å². The molecule has 1 aromatic rings. The van der Waals surface area contributed by atoms with Crippen molar-refractivity contribution in [2.24, 2.45) is 0 Å². The molecule has 1 atom stereocenters. The van der Waals surface area contributed by atoms with Gasteiger partial charge in [0.05, 0.1) is 6.54 Å². The lowest BCUT2D eigenvalue weighted by Gasteiger charge is -2.32. The molecular formula is C13H16FN3O3. The zero-order chi connectivity index (χ0) is 14.5. The van der Waals surface area contributed by atoms with Crippen LogP contribution in [0.3, 0.4) is 0 Å². The number of carbonyl (C=O) groups is 2. The Bertz CT molecular complexity index is 492. The average molecular weight is 281 g/mol. The molecule has 0 aromatic heterocycles. The van der Waals surface area contributed by atoms with Crippen LogP contribution in [-0.4, -0.2) is 54.1 Å². The fraction of sp³-hybridized carbons (Fsp3) is 0.385. The molecule has 1 saturated heterocycles. The summed E-state index contributed by atoms with van der Waals surface area (Å²) in [6, 6.07) is 4.71. The summed E-state index contributed by atoms with van der Waals surface area (Å²) in [4.78, 5) is 24.6. The molecule has 6 nitrogen and oxygen atoms in total. The van der Waals surface area contributed by atoms with E-state index in [0.29, 0.717) is 25.3 Å². The Morgan fingerprint density at radius 2 is 2.10 bits per heavy atom. The van der Waals surface area contributed by atoms with E-state index < -0.39 is 12.0 Å². The predicted molar refractivity (Wildman–Crippen MR) is 70.9 cm³/mol. The molecule has 0 bridgehead atoms. The van der Waals surface area contributed by atoms with Crippen molar-refractivity contribution in [1.29, 1.82) is 0 Å². The first-order chi connectivity index (χ1) is 9.56. The van der Waals surface area contributed by atoms with E-state index in [2.05, 4.69) is 10.6 Å². The smallest absolute Gasteiger partial charge is 0.322 e. The maximum absolute atomic E-state index is 12.7. The van der Waals surface area contributed by atoms with Crippen molar-refractivity contribution >= 4 is 17.6 Å². The lowest BCUT2D eigenvalue weighted by atomic mass is 10.2. The van der Waals surface area contributed by atoms with Crippen LogP contribution in [0.15, 0.2) is 24.3 Å². The maximum atomic E-state index is 12.7. The van der Waals surface area contributed by atoms with Gasteiger partial charge in [-0.1, -0.05) is 0 Å². The van der Waals surface area contributed by atoms with E-state index in [-0.39, 0.29) is 18.3 Å². The number of amides is 1. The third kappa shape index (κ3) is 3.75. The van der Waals surface area contributed by atoms with Gasteiger partial charge < -0.3 is 15.7 Å². The summed E-state index contributed by atoms with van der Waals surface area (Å²) >= 11 is 0. The van der Waals surface area contributed by atoms with Crippen molar-refractivity contribution in [1.82, 2.24) is 10.2 Å². The molecule has 20 heavy (non-hydrogen) atoms. The molecule has 1 aliphatic heterocycles. The van der Waals surface area contributed by atoms with Crippen molar-refractivity contribution < 1.29 is 19.1 Å². The largest absolute Gasteiger partial charge is 0.480 e. The summed E-state index contributed by atoms with van der Waals surface area (Å²) in [5.41, 5.74) is 0.485. The number of nitrogens with zero attached hydrogens (tertiary/aromatic N) is 1. The van der Waals surface area contributed by atoms with Gasteiger partial charge in [-0.25, -0.2) is 4.39 Å². The molecule has 0 radical (unpaired) electrons. The fourth-order valence-electron chi connectivity index (χ4n) is 2.10. The van der Waals surface area contributed by atoms with Gasteiger partial charge in [0.25, 0.3) is 0 Å². The lowest BCUT2D eigenvalue weighted by molar-refractivity contribution is -0.144. The molecule has 0 spiro atoms. The van der Waals surface area contributed by atoms with Crippen molar-refractivity contribution in [3.63, 3.8) is 0 Å². The minimum atomic E-state index is -0.952. The van der Waals surface area contributed by atoms with Crippen LogP contribution in [0.1, 0.15) is 0 Å². The first-order valence-corrected chi connectivity index (χ1v) is 6.29. The zero-order valence-corrected chi connectivity index (χ0v) is 10.8. The highest BCUT2D eigenvalue weighted by atomic mass is 19.1. The first-order valence-electron chi connectivity index (χ1n) is 6.29. The van der Waals surface area contributed by atoms with Crippen LogP contribution >= 0.6 is 0 Å². The molecule has 1 amide bonds. The third-order valence-corrected chi connectivity index (χ3v) is 3.11. The Labute approximate surface area is 115 Å². The summed E-state index contributed by atoms with van der Waals surface area (Å²) in [5, 5.41) is 14.7. The standard InChI is InChI=1S/C13H16FN3O3/c14-9-1-3-10(4-2-9)16-12(18)8-17-6-5-15-7-11(17)13(19)20/h1-4,11,15H,5-8H2,(H,16,18)(H,19,20). The molecule has 1 aliphatic rings. The van der Waals surface area contributed by atoms with Crippen molar-refractivity contribution in [2.45, 2.75) is 6.04 Å². The summed E-state index contributed by atoms with van der Waals surface area (Å²) in [5.74, 6) is -1.65. The van der Waals surface area contributed by atoms with E-state index >= 15 is 0 Å². The summed E-state index contributed by atoms with van der Waals surface area (Å²) < 4.78 is 12.7. The molecule has 3 N–H and O–H groups in total. The Kier molecular flexibility index (Phi) is 4.65.